The minimum Gasteiger partial charge on any atom is -0.463 e. The maximum absolute atomic E-state index is 12.1. The number of hydrogen-bond acceptors (Lipinski definition) is 4. The van der Waals surface area contributed by atoms with Crippen molar-refractivity contribution in [1.82, 2.24) is 0 Å². The van der Waals surface area contributed by atoms with E-state index in [0.717, 1.165) is 6.07 Å². The quantitative estimate of drug-likeness (QED) is 0.808. The average Bonchev–Trinajstić information content (AvgIpc) is 2.85. The number of rotatable bonds is 3. The van der Waals surface area contributed by atoms with Gasteiger partial charge in [0.15, 0.2) is 0 Å². The zero-order chi connectivity index (χ0) is 14.8. The van der Waals surface area contributed by atoms with Crippen molar-refractivity contribution in [2.45, 2.75) is 6.36 Å². The van der Waals surface area contributed by atoms with Crippen molar-refractivity contribution >= 4 is 5.97 Å². The van der Waals surface area contributed by atoms with Crippen LogP contribution in [0.25, 0.3) is 11.3 Å². The molecule has 20 heavy (non-hydrogen) atoms. The first-order valence-corrected chi connectivity index (χ1v) is 5.43. The molecule has 0 fully saturated rings. The number of methoxy groups -OCH3 is 1. The lowest BCUT2D eigenvalue weighted by molar-refractivity contribution is -0.274. The number of alkyl halides is 3. The van der Waals surface area contributed by atoms with Gasteiger partial charge in [0.25, 0.3) is 0 Å². The first-order chi connectivity index (χ1) is 9.39. The molecule has 2 aromatic rings. The largest absolute Gasteiger partial charge is 0.573 e. The lowest BCUT2D eigenvalue weighted by Gasteiger charge is -2.09. The Morgan fingerprint density at radius 2 is 1.95 bits per heavy atom. The van der Waals surface area contributed by atoms with E-state index in [4.69, 9.17) is 4.42 Å². The molecule has 4 nitrogen and oxygen atoms in total. The molecule has 0 saturated carbocycles. The van der Waals surface area contributed by atoms with E-state index in [1.165, 1.54) is 37.4 Å². The number of halogens is 3. The molecule has 1 heterocycles. The summed E-state index contributed by atoms with van der Waals surface area (Å²) in [6, 6.07) is 8.08. The van der Waals surface area contributed by atoms with Crippen LogP contribution in [0.5, 0.6) is 5.75 Å². The third kappa shape index (κ3) is 3.31. The standard InChI is InChI=1S/C13H9F3O4/c1-18-12(17)11-6-5-10(19-11)8-3-2-4-9(7-8)20-13(14,15)16/h2-7H,1H3. The Morgan fingerprint density at radius 3 is 2.60 bits per heavy atom. The molecule has 0 amide bonds. The Balaban J connectivity index is 2.27. The average molecular weight is 286 g/mol. The fraction of sp³-hybridized carbons (Fsp3) is 0.154. The van der Waals surface area contributed by atoms with E-state index < -0.39 is 12.3 Å². The van der Waals surface area contributed by atoms with Gasteiger partial charge < -0.3 is 13.9 Å². The smallest absolute Gasteiger partial charge is 0.463 e. The summed E-state index contributed by atoms with van der Waals surface area (Å²) in [6.07, 6.45) is -4.76. The molecule has 0 aliphatic rings. The molecule has 0 bridgehead atoms. The van der Waals surface area contributed by atoms with Crippen LogP contribution in [-0.2, 0) is 4.74 Å². The molecule has 7 heteroatoms. The highest BCUT2D eigenvalue weighted by atomic mass is 19.4. The van der Waals surface area contributed by atoms with Crippen LogP contribution in [0.4, 0.5) is 13.2 Å². The molecule has 0 unspecified atom stereocenters. The summed E-state index contributed by atoms with van der Waals surface area (Å²) in [5.74, 6) is -0.840. The number of benzene rings is 1. The fourth-order valence-corrected chi connectivity index (χ4v) is 1.55. The highest BCUT2D eigenvalue weighted by Crippen LogP contribution is 2.29. The van der Waals surface area contributed by atoms with Gasteiger partial charge in [0.1, 0.15) is 11.5 Å². The highest BCUT2D eigenvalue weighted by molar-refractivity contribution is 5.87. The molecule has 0 saturated heterocycles. The Labute approximate surface area is 111 Å². The number of furan rings is 1. The molecule has 106 valence electrons. The third-order valence-electron chi connectivity index (χ3n) is 2.34. The summed E-state index contributed by atoms with van der Waals surface area (Å²) in [4.78, 5) is 11.2. The van der Waals surface area contributed by atoms with E-state index in [0.29, 0.717) is 5.56 Å². The second-order valence-electron chi connectivity index (χ2n) is 3.73. The molecule has 0 atom stereocenters. The van der Waals surface area contributed by atoms with Crippen molar-refractivity contribution in [3.8, 4) is 17.1 Å². The molecule has 0 radical (unpaired) electrons. The van der Waals surface area contributed by atoms with Gasteiger partial charge in [0.05, 0.1) is 7.11 Å². The number of hydrogen-bond donors (Lipinski definition) is 0. The van der Waals surface area contributed by atoms with Crippen LogP contribution in [0.3, 0.4) is 0 Å². The fourth-order valence-electron chi connectivity index (χ4n) is 1.55. The third-order valence-corrected chi connectivity index (χ3v) is 2.34. The van der Waals surface area contributed by atoms with Crippen molar-refractivity contribution < 1.29 is 31.9 Å². The van der Waals surface area contributed by atoms with Crippen molar-refractivity contribution in [2.75, 3.05) is 7.11 Å². The van der Waals surface area contributed by atoms with Crippen LogP contribution in [-0.4, -0.2) is 19.4 Å². The summed E-state index contributed by atoms with van der Waals surface area (Å²) in [5.41, 5.74) is 0.349. The maximum Gasteiger partial charge on any atom is 0.573 e. The molecular weight excluding hydrogens is 277 g/mol. The SMILES string of the molecule is COC(=O)c1ccc(-c2cccc(OC(F)(F)F)c2)o1. The van der Waals surface area contributed by atoms with E-state index >= 15 is 0 Å². The highest BCUT2D eigenvalue weighted by Gasteiger charge is 2.31. The van der Waals surface area contributed by atoms with Crippen LogP contribution in [0.1, 0.15) is 10.6 Å². The molecule has 0 N–H and O–H groups in total. The van der Waals surface area contributed by atoms with E-state index in [1.54, 1.807) is 0 Å². The number of carbonyl (C=O) groups excluding carboxylic acids is 1. The molecule has 0 aliphatic heterocycles. The Kier molecular flexibility index (Phi) is 3.69. The minimum absolute atomic E-state index is 0.0374. The minimum atomic E-state index is -4.76. The molecule has 1 aromatic carbocycles. The lowest BCUT2D eigenvalue weighted by Crippen LogP contribution is -2.17. The van der Waals surface area contributed by atoms with E-state index in [2.05, 4.69) is 9.47 Å². The molecule has 1 aromatic heterocycles. The Morgan fingerprint density at radius 1 is 1.20 bits per heavy atom. The van der Waals surface area contributed by atoms with Crippen LogP contribution < -0.4 is 4.74 Å². The van der Waals surface area contributed by atoms with Crippen molar-refractivity contribution in [3.63, 3.8) is 0 Å². The van der Waals surface area contributed by atoms with Gasteiger partial charge in [-0.15, -0.1) is 13.2 Å². The Bertz CT molecular complexity index is 616. The molecule has 0 aliphatic carbocycles. The van der Waals surface area contributed by atoms with Gasteiger partial charge in [-0.3, -0.25) is 0 Å². The van der Waals surface area contributed by atoms with Gasteiger partial charge >= 0.3 is 12.3 Å². The van der Waals surface area contributed by atoms with Crippen LogP contribution in [0, 0.1) is 0 Å². The van der Waals surface area contributed by atoms with Crippen molar-refractivity contribution in [3.05, 3.63) is 42.2 Å². The second-order valence-corrected chi connectivity index (χ2v) is 3.73. The van der Waals surface area contributed by atoms with Crippen LogP contribution >= 0.6 is 0 Å². The van der Waals surface area contributed by atoms with E-state index in [9.17, 15) is 18.0 Å². The van der Waals surface area contributed by atoms with Crippen molar-refractivity contribution in [1.29, 1.82) is 0 Å². The first kappa shape index (κ1) is 14.0. The van der Waals surface area contributed by atoms with E-state index in [1.807, 2.05) is 0 Å². The molecule has 2 rings (SSSR count). The second kappa shape index (κ2) is 5.28. The number of esters is 1. The van der Waals surface area contributed by atoms with Crippen LogP contribution in [0.2, 0.25) is 0 Å². The van der Waals surface area contributed by atoms with E-state index in [-0.39, 0.29) is 17.3 Å². The summed E-state index contributed by atoms with van der Waals surface area (Å²) >= 11 is 0. The lowest BCUT2D eigenvalue weighted by atomic mass is 10.2. The maximum atomic E-state index is 12.1. The summed E-state index contributed by atoms with van der Waals surface area (Å²) in [5, 5.41) is 0. The first-order valence-electron chi connectivity index (χ1n) is 5.43. The summed E-state index contributed by atoms with van der Waals surface area (Å²) in [6.45, 7) is 0. The zero-order valence-corrected chi connectivity index (χ0v) is 10.2. The summed E-state index contributed by atoms with van der Waals surface area (Å²) < 4.78 is 49.8. The zero-order valence-electron chi connectivity index (χ0n) is 10.2. The molecule has 0 spiro atoms. The predicted molar refractivity (Wildman–Crippen MR) is 62.2 cm³/mol. The van der Waals surface area contributed by atoms with Gasteiger partial charge in [-0.05, 0) is 24.3 Å². The Hall–Kier alpha value is -2.44. The number of ether oxygens (including phenoxy) is 2. The monoisotopic (exact) mass is 286 g/mol. The summed E-state index contributed by atoms with van der Waals surface area (Å²) in [7, 11) is 1.20. The van der Waals surface area contributed by atoms with Crippen LogP contribution in [0.15, 0.2) is 40.8 Å². The van der Waals surface area contributed by atoms with Gasteiger partial charge in [-0.1, -0.05) is 12.1 Å². The van der Waals surface area contributed by atoms with Gasteiger partial charge in [-0.2, -0.15) is 0 Å². The predicted octanol–water partition coefficient (Wildman–Crippen LogP) is 3.63. The van der Waals surface area contributed by atoms with Gasteiger partial charge in [-0.25, -0.2) is 4.79 Å². The normalized spacial score (nSPS) is 11.2. The number of carbonyl (C=O) groups is 1. The topological polar surface area (TPSA) is 48.7 Å². The van der Waals surface area contributed by atoms with Gasteiger partial charge in [0.2, 0.25) is 5.76 Å². The molecular formula is C13H9F3O4. The van der Waals surface area contributed by atoms with Gasteiger partial charge in [0, 0.05) is 5.56 Å². The van der Waals surface area contributed by atoms with Crippen molar-refractivity contribution in [2.24, 2.45) is 0 Å².